The van der Waals surface area contributed by atoms with Gasteiger partial charge in [-0.15, -0.1) is 11.3 Å². The second-order valence-corrected chi connectivity index (χ2v) is 17.2. The van der Waals surface area contributed by atoms with E-state index in [9.17, 15) is 19.5 Å². The Hall–Kier alpha value is -4.78. The van der Waals surface area contributed by atoms with Crippen molar-refractivity contribution in [3.8, 4) is 22.1 Å². The average molecular weight is 826 g/mol. The van der Waals surface area contributed by atoms with Crippen molar-refractivity contribution < 1.29 is 29.0 Å². The lowest BCUT2D eigenvalue weighted by Crippen LogP contribution is -2.48. The first-order valence-corrected chi connectivity index (χ1v) is 19.6. The van der Waals surface area contributed by atoms with Crippen LogP contribution in [0.5, 0.6) is 11.5 Å². The molecule has 4 aliphatic rings. The van der Waals surface area contributed by atoms with Crippen molar-refractivity contribution in [3.05, 3.63) is 99.0 Å². The molecule has 3 aromatic carbocycles. The quantitative estimate of drug-likeness (QED) is 0.140. The fraction of sp³-hybridized carbons (Fsp3) is 0.293. The molecule has 0 bridgehead atoms. The van der Waals surface area contributed by atoms with Crippen LogP contribution in [0.3, 0.4) is 0 Å². The number of aromatic hydroxyl groups is 1. The summed E-state index contributed by atoms with van der Waals surface area (Å²) in [6.07, 6.45) is 2.54. The van der Waals surface area contributed by atoms with Crippen molar-refractivity contribution in [1.82, 2.24) is 9.78 Å². The van der Waals surface area contributed by atoms with E-state index in [0.717, 1.165) is 30.6 Å². The van der Waals surface area contributed by atoms with Gasteiger partial charge in [0.05, 0.1) is 40.8 Å². The molecule has 5 aromatic rings. The van der Waals surface area contributed by atoms with Gasteiger partial charge in [0.1, 0.15) is 11.5 Å². The molecular weight excluding hydrogens is 792 g/mol. The SMILES string of the molecule is COc1cc(C2C3=CCC4C(=O)N(c5ccc(Br)cc5)C(=O)C4C3CC3C(=O)N(c4cc(-c5sc6ccc(Cl)cc6c5C)nn4C)C(=O)C32C)ccc1O. The highest BCUT2D eigenvalue weighted by molar-refractivity contribution is 9.10. The van der Waals surface area contributed by atoms with Crippen LogP contribution in [0.4, 0.5) is 11.5 Å². The van der Waals surface area contributed by atoms with Crippen LogP contribution in [0.1, 0.15) is 36.8 Å². The first-order valence-electron chi connectivity index (χ1n) is 17.6. The van der Waals surface area contributed by atoms with Gasteiger partial charge in [-0.05, 0) is 104 Å². The zero-order valence-corrected chi connectivity index (χ0v) is 32.8. The minimum absolute atomic E-state index is 0.0635. The number of hydrogen-bond acceptors (Lipinski definition) is 8. The summed E-state index contributed by atoms with van der Waals surface area (Å²) in [5.41, 5.74) is 2.36. The average Bonchev–Trinajstić information content (AvgIpc) is 3.82. The Bertz CT molecular complexity index is 2510. The van der Waals surface area contributed by atoms with Gasteiger partial charge in [-0.1, -0.05) is 45.2 Å². The number of hydrogen-bond donors (Lipinski definition) is 1. The summed E-state index contributed by atoms with van der Waals surface area (Å²) < 4.78 is 8.95. The molecule has 13 heteroatoms. The number of halogens is 2. The van der Waals surface area contributed by atoms with Crippen molar-refractivity contribution in [2.75, 3.05) is 16.9 Å². The van der Waals surface area contributed by atoms with Gasteiger partial charge in [0, 0.05) is 33.2 Å². The molecule has 0 spiro atoms. The normalized spacial score (nSPS) is 26.3. The number of aryl methyl sites for hydroxylation is 2. The van der Waals surface area contributed by atoms with Crippen LogP contribution >= 0.6 is 38.9 Å². The van der Waals surface area contributed by atoms with Crippen LogP contribution in [0.15, 0.2) is 82.9 Å². The number of phenolic OH excluding ortho intramolecular Hbond substituents is 1. The number of carbonyl (C=O) groups excluding carboxylic acids is 4. The van der Waals surface area contributed by atoms with Crippen LogP contribution in [0.25, 0.3) is 20.7 Å². The highest BCUT2D eigenvalue weighted by atomic mass is 79.9. The second kappa shape index (κ2) is 12.4. The lowest BCUT2D eigenvalue weighted by Gasteiger charge is -2.49. The van der Waals surface area contributed by atoms with E-state index in [1.165, 1.54) is 23.0 Å². The third kappa shape index (κ3) is 4.85. The Morgan fingerprint density at radius 3 is 2.46 bits per heavy atom. The molecule has 10 nitrogen and oxygen atoms in total. The summed E-state index contributed by atoms with van der Waals surface area (Å²) in [5.74, 6) is -4.12. The van der Waals surface area contributed by atoms with Crippen LogP contribution in [-0.2, 0) is 26.2 Å². The maximum Gasteiger partial charge on any atom is 0.242 e. The van der Waals surface area contributed by atoms with Gasteiger partial charge < -0.3 is 9.84 Å². The molecule has 6 atom stereocenters. The fourth-order valence-corrected chi connectivity index (χ4v) is 11.1. The van der Waals surface area contributed by atoms with Crippen molar-refractivity contribution in [2.24, 2.45) is 36.1 Å². The van der Waals surface area contributed by atoms with E-state index in [2.05, 4.69) is 15.9 Å². The maximum atomic E-state index is 15.1. The molecule has 4 heterocycles. The molecule has 1 saturated carbocycles. The Morgan fingerprint density at radius 2 is 1.72 bits per heavy atom. The molecule has 2 aliphatic carbocycles. The molecule has 9 rings (SSSR count). The molecule has 2 aliphatic heterocycles. The monoisotopic (exact) mass is 824 g/mol. The standard InChI is InChI=1S/C41H34BrClN4O6S/c1-19-26-16-22(43)8-14-32(26)54-36(19)29-18-33(45(3)44-29)47-38(50)28-17-27-24(35(41(28,2)40(47)52)20-5-13-30(48)31(15-20)53-4)11-12-25-34(27)39(51)46(37(25)49)23-9-6-21(42)7-10-23/h5-11,13-16,18,25,27-28,34-35,48H,12,17H2,1-4H3. The molecule has 0 radical (unpaired) electrons. The number of amides is 4. The molecule has 1 N–H and O–H groups in total. The minimum atomic E-state index is -1.28. The molecule has 2 aromatic heterocycles. The number of benzene rings is 3. The largest absolute Gasteiger partial charge is 0.504 e. The van der Waals surface area contributed by atoms with Crippen LogP contribution < -0.4 is 14.5 Å². The number of anilines is 2. The minimum Gasteiger partial charge on any atom is -0.504 e. The molecule has 2 saturated heterocycles. The molecule has 3 fully saturated rings. The highest BCUT2D eigenvalue weighted by Gasteiger charge is 2.68. The highest BCUT2D eigenvalue weighted by Crippen LogP contribution is 2.64. The summed E-state index contributed by atoms with van der Waals surface area (Å²) in [4.78, 5) is 61.8. The van der Waals surface area contributed by atoms with E-state index in [1.54, 1.807) is 65.5 Å². The predicted octanol–water partition coefficient (Wildman–Crippen LogP) is 8.18. The van der Waals surface area contributed by atoms with Gasteiger partial charge in [0.15, 0.2) is 11.5 Å². The summed E-state index contributed by atoms with van der Waals surface area (Å²) >= 11 is 11.3. The van der Waals surface area contributed by atoms with Gasteiger partial charge in [0.25, 0.3) is 0 Å². The van der Waals surface area contributed by atoms with E-state index in [4.69, 9.17) is 21.4 Å². The topological polar surface area (TPSA) is 122 Å². The maximum absolute atomic E-state index is 15.1. The Labute approximate surface area is 328 Å². The predicted molar refractivity (Wildman–Crippen MR) is 210 cm³/mol. The zero-order valence-electron chi connectivity index (χ0n) is 29.7. The van der Waals surface area contributed by atoms with Crippen LogP contribution in [-0.4, -0.2) is 45.6 Å². The van der Waals surface area contributed by atoms with Gasteiger partial charge in [-0.3, -0.25) is 28.8 Å². The zero-order chi connectivity index (χ0) is 38.0. The molecular formula is C41H34BrClN4O6S. The number of nitrogens with zero attached hydrogens (tertiary/aromatic N) is 4. The smallest absolute Gasteiger partial charge is 0.242 e. The molecule has 54 heavy (non-hydrogen) atoms. The van der Waals surface area contributed by atoms with Gasteiger partial charge in [-0.2, -0.15) is 5.10 Å². The number of allylic oxidation sites excluding steroid dienone is 2. The first-order chi connectivity index (χ1) is 25.8. The van der Waals surface area contributed by atoms with Gasteiger partial charge in [0.2, 0.25) is 23.6 Å². The van der Waals surface area contributed by atoms with E-state index in [0.29, 0.717) is 34.2 Å². The number of thiophene rings is 1. The van der Waals surface area contributed by atoms with Crippen molar-refractivity contribution in [2.45, 2.75) is 32.6 Å². The van der Waals surface area contributed by atoms with Gasteiger partial charge in [-0.25, -0.2) is 4.90 Å². The number of methoxy groups -OCH3 is 1. The fourth-order valence-electron chi connectivity index (χ4n) is 9.55. The van der Waals surface area contributed by atoms with Crippen LogP contribution in [0, 0.1) is 36.0 Å². The third-order valence-corrected chi connectivity index (χ3v) is 14.2. The number of ether oxygens (including phenoxy) is 1. The number of imide groups is 2. The van der Waals surface area contributed by atoms with Crippen molar-refractivity contribution in [1.29, 1.82) is 0 Å². The molecule has 4 amide bonds. The van der Waals surface area contributed by atoms with Crippen LogP contribution in [0.2, 0.25) is 5.02 Å². The van der Waals surface area contributed by atoms with Crippen molar-refractivity contribution in [3.63, 3.8) is 0 Å². The molecule has 6 unspecified atom stereocenters. The summed E-state index contributed by atoms with van der Waals surface area (Å²) in [6, 6.07) is 19.6. The number of carbonyl (C=O) groups is 4. The van der Waals surface area contributed by atoms with E-state index in [1.807, 2.05) is 38.1 Å². The third-order valence-electron chi connectivity index (χ3n) is 12.1. The summed E-state index contributed by atoms with van der Waals surface area (Å²) in [6.45, 7) is 3.84. The van der Waals surface area contributed by atoms with E-state index >= 15 is 4.79 Å². The number of rotatable bonds is 5. The lowest BCUT2D eigenvalue weighted by atomic mass is 9.51. The number of aromatic nitrogens is 2. The second-order valence-electron chi connectivity index (χ2n) is 14.8. The Morgan fingerprint density at radius 1 is 0.963 bits per heavy atom. The Balaban J connectivity index is 1.16. The number of fused-ring (bicyclic) bond motifs is 5. The lowest BCUT2D eigenvalue weighted by molar-refractivity contribution is -0.131. The van der Waals surface area contributed by atoms with E-state index in [-0.39, 0.29) is 41.5 Å². The van der Waals surface area contributed by atoms with Crippen molar-refractivity contribution >= 4 is 84.1 Å². The Kier molecular flexibility index (Phi) is 8.01. The molecule has 274 valence electrons. The van der Waals surface area contributed by atoms with E-state index < -0.39 is 35.0 Å². The summed E-state index contributed by atoms with van der Waals surface area (Å²) in [7, 11) is 3.17. The number of phenols is 1. The summed E-state index contributed by atoms with van der Waals surface area (Å²) in [5, 5.41) is 17.0. The van der Waals surface area contributed by atoms with Gasteiger partial charge >= 0.3 is 0 Å². The first kappa shape index (κ1) is 35.0.